The minimum Gasteiger partial charge on any atom is -0.314 e. The number of hydrogen-bond acceptors (Lipinski definition) is 1. The van der Waals surface area contributed by atoms with E-state index in [1.807, 2.05) is 0 Å². The van der Waals surface area contributed by atoms with Gasteiger partial charge in [-0.3, -0.25) is 0 Å². The van der Waals surface area contributed by atoms with Crippen LogP contribution in [0.1, 0.15) is 35.4 Å². The Morgan fingerprint density at radius 1 is 0.540 bits per heavy atom. The van der Waals surface area contributed by atoms with Crippen molar-refractivity contribution in [2.75, 3.05) is 4.90 Å². The van der Waals surface area contributed by atoms with Gasteiger partial charge in [-0.05, 0) is 82.1 Å². The van der Waals surface area contributed by atoms with Crippen molar-refractivity contribution in [2.45, 2.75) is 24.2 Å². The maximum atomic E-state index is 2.52. The fourth-order valence-electron chi connectivity index (χ4n) is 9.88. The third-order valence-electron chi connectivity index (χ3n) is 12.0. The van der Waals surface area contributed by atoms with Crippen molar-refractivity contribution in [3.63, 3.8) is 0 Å². The highest BCUT2D eigenvalue weighted by Crippen LogP contribution is 2.68. The highest BCUT2D eigenvalue weighted by atomic mass is 15.1. The van der Waals surface area contributed by atoms with Crippen molar-refractivity contribution in [3.8, 4) is 22.3 Å². The number of benzene rings is 5. The zero-order valence-electron chi connectivity index (χ0n) is 28.1. The van der Waals surface area contributed by atoms with E-state index in [2.05, 4.69) is 193 Å². The molecule has 0 aliphatic heterocycles. The predicted octanol–water partition coefficient (Wildman–Crippen LogP) is 12.3. The van der Waals surface area contributed by atoms with E-state index < -0.39 is 0 Å². The molecule has 4 atom stereocenters. The first-order valence-corrected chi connectivity index (χ1v) is 18.1. The molecule has 0 aromatic heterocycles. The monoisotopic (exact) mass is 641 g/mol. The molecule has 10 rings (SSSR count). The molecule has 1 spiro atoms. The highest BCUT2D eigenvalue weighted by molar-refractivity contribution is 5.83. The van der Waals surface area contributed by atoms with Gasteiger partial charge in [0.25, 0.3) is 0 Å². The molecule has 1 nitrogen and oxygen atoms in total. The van der Waals surface area contributed by atoms with Gasteiger partial charge in [0.15, 0.2) is 0 Å². The minimum atomic E-state index is -0.127. The lowest BCUT2D eigenvalue weighted by atomic mass is 9.62. The van der Waals surface area contributed by atoms with Crippen molar-refractivity contribution in [2.24, 2.45) is 17.8 Å². The average molecular weight is 642 g/mol. The SMILES string of the molecule is C1=CCC(c2ccc(N(C3=CC=C4C(C3)C3(c5ccccc5-c5ccccc53)C3C=CC=C[C@@H]43)c3ccc(-c4ccccc4)cc3)cc2)C=C1. The summed E-state index contributed by atoms with van der Waals surface area (Å²) in [6.07, 6.45) is 25.4. The van der Waals surface area contributed by atoms with Gasteiger partial charge in [-0.25, -0.2) is 0 Å². The van der Waals surface area contributed by atoms with E-state index in [-0.39, 0.29) is 5.41 Å². The third kappa shape index (κ3) is 4.39. The summed E-state index contributed by atoms with van der Waals surface area (Å²) in [5.41, 5.74) is 14.8. The van der Waals surface area contributed by atoms with Crippen molar-refractivity contribution in [3.05, 3.63) is 216 Å². The van der Waals surface area contributed by atoms with Crippen LogP contribution in [0.4, 0.5) is 11.4 Å². The van der Waals surface area contributed by atoms with E-state index in [1.165, 1.54) is 56.0 Å². The summed E-state index contributed by atoms with van der Waals surface area (Å²) >= 11 is 0. The molecule has 3 unspecified atom stereocenters. The quantitative estimate of drug-likeness (QED) is 0.185. The van der Waals surface area contributed by atoms with Crippen molar-refractivity contribution >= 4 is 11.4 Å². The van der Waals surface area contributed by atoms with E-state index in [4.69, 9.17) is 0 Å². The first-order chi connectivity index (χ1) is 24.8. The van der Waals surface area contributed by atoms with Gasteiger partial charge in [0.2, 0.25) is 0 Å². The normalized spacial score (nSPS) is 23.1. The Morgan fingerprint density at radius 3 is 1.86 bits per heavy atom. The second-order valence-corrected chi connectivity index (χ2v) is 14.4. The number of fused-ring (bicyclic) bond motifs is 10. The molecule has 240 valence electrons. The predicted molar refractivity (Wildman–Crippen MR) is 208 cm³/mol. The summed E-state index contributed by atoms with van der Waals surface area (Å²) in [5, 5.41) is 0. The van der Waals surface area contributed by atoms with Crippen molar-refractivity contribution in [1.82, 2.24) is 0 Å². The Bertz CT molecular complexity index is 2230. The minimum absolute atomic E-state index is 0.127. The summed E-state index contributed by atoms with van der Waals surface area (Å²) in [5.74, 6) is 1.52. The van der Waals surface area contributed by atoms with Crippen LogP contribution in [0.5, 0.6) is 0 Å². The van der Waals surface area contributed by atoms with Crippen LogP contribution in [0.15, 0.2) is 199 Å². The molecule has 1 saturated carbocycles. The zero-order valence-corrected chi connectivity index (χ0v) is 28.1. The smallest absolute Gasteiger partial charge is 0.0458 e. The van der Waals surface area contributed by atoms with E-state index in [0.29, 0.717) is 23.7 Å². The van der Waals surface area contributed by atoms with Crippen molar-refractivity contribution in [1.29, 1.82) is 0 Å². The molecule has 5 aliphatic rings. The summed E-state index contributed by atoms with van der Waals surface area (Å²) < 4.78 is 0. The van der Waals surface area contributed by atoms with Gasteiger partial charge in [-0.15, -0.1) is 0 Å². The fourth-order valence-corrected chi connectivity index (χ4v) is 9.88. The summed E-state index contributed by atoms with van der Waals surface area (Å²) in [4.78, 5) is 2.52. The van der Waals surface area contributed by atoms with Crippen LogP contribution in [0, 0.1) is 17.8 Å². The standard InChI is InChI=1S/C49H39N/c1-3-13-34(14-4-1)36-23-27-38(28-24-36)50(39-29-25-37(26-30-39)35-15-5-2-6-16-35)40-31-32-44-43-19-9-12-22-47(43)49(48(44)33-40)45-20-10-7-17-41(45)42-18-8-11-21-46(42)49/h1-15,17-32,35,43,47-48H,16,33H2/t35?,43-,47?,48?/m0/s1. The second-order valence-electron chi connectivity index (χ2n) is 14.4. The molecule has 0 heterocycles. The summed E-state index contributed by atoms with van der Waals surface area (Å²) in [6.45, 7) is 0. The Hall–Kier alpha value is -5.66. The highest BCUT2D eigenvalue weighted by Gasteiger charge is 2.61. The second kappa shape index (κ2) is 11.7. The summed E-state index contributed by atoms with van der Waals surface area (Å²) in [7, 11) is 0. The lowest BCUT2D eigenvalue weighted by Gasteiger charge is -2.41. The number of rotatable bonds is 5. The molecule has 0 saturated heterocycles. The number of anilines is 2. The van der Waals surface area contributed by atoms with Gasteiger partial charge >= 0.3 is 0 Å². The van der Waals surface area contributed by atoms with Gasteiger partial charge in [-0.2, -0.15) is 0 Å². The Kier molecular flexibility index (Phi) is 6.88. The van der Waals surface area contributed by atoms with Crippen molar-refractivity contribution < 1.29 is 0 Å². The van der Waals surface area contributed by atoms with E-state index in [9.17, 15) is 0 Å². The van der Waals surface area contributed by atoms with Gasteiger partial charge in [-0.1, -0.05) is 163 Å². The molecule has 5 aromatic carbocycles. The van der Waals surface area contributed by atoms with E-state index in [0.717, 1.165) is 12.8 Å². The molecule has 5 aromatic rings. The van der Waals surface area contributed by atoms with Crippen LogP contribution < -0.4 is 4.90 Å². The van der Waals surface area contributed by atoms with E-state index >= 15 is 0 Å². The Morgan fingerprint density at radius 2 is 1.16 bits per heavy atom. The molecule has 5 aliphatic carbocycles. The molecular formula is C49H39N. The topological polar surface area (TPSA) is 3.24 Å². The molecule has 0 bridgehead atoms. The molecule has 0 radical (unpaired) electrons. The number of nitrogens with zero attached hydrogens (tertiary/aromatic N) is 1. The molecule has 1 heteroatoms. The third-order valence-corrected chi connectivity index (χ3v) is 12.0. The van der Waals surface area contributed by atoms with Crippen LogP contribution in [0.3, 0.4) is 0 Å². The first-order valence-electron chi connectivity index (χ1n) is 18.1. The first kappa shape index (κ1) is 29.3. The van der Waals surface area contributed by atoms with Crippen LogP contribution in [-0.2, 0) is 5.41 Å². The zero-order chi connectivity index (χ0) is 33.1. The average Bonchev–Trinajstić information content (AvgIpc) is 3.66. The van der Waals surface area contributed by atoms with Gasteiger partial charge in [0, 0.05) is 46.2 Å². The number of hydrogen-bond donors (Lipinski definition) is 0. The summed E-state index contributed by atoms with van der Waals surface area (Å²) in [6, 6.07) is 47.7. The molecule has 0 amide bonds. The lowest BCUT2D eigenvalue weighted by molar-refractivity contribution is 0.338. The van der Waals surface area contributed by atoms with Gasteiger partial charge in [0.05, 0.1) is 0 Å². The van der Waals surface area contributed by atoms with Gasteiger partial charge in [0.1, 0.15) is 0 Å². The molecule has 50 heavy (non-hydrogen) atoms. The van der Waals surface area contributed by atoms with Crippen LogP contribution in [-0.4, -0.2) is 0 Å². The lowest BCUT2D eigenvalue weighted by Crippen LogP contribution is -2.38. The largest absolute Gasteiger partial charge is 0.314 e. The molecular weight excluding hydrogens is 603 g/mol. The maximum Gasteiger partial charge on any atom is 0.0458 e. The van der Waals surface area contributed by atoms with E-state index in [1.54, 1.807) is 5.57 Å². The van der Waals surface area contributed by atoms with Crippen LogP contribution in [0.2, 0.25) is 0 Å². The Labute approximate surface area is 295 Å². The maximum absolute atomic E-state index is 2.52. The number of allylic oxidation sites excluding steroid dienone is 12. The molecule has 0 N–H and O–H groups in total. The van der Waals surface area contributed by atoms with Crippen LogP contribution in [0.25, 0.3) is 22.3 Å². The fraction of sp³-hybridized carbons (Fsp3) is 0.143. The van der Waals surface area contributed by atoms with Crippen LogP contribution >= 0.6 is 0 Å². The molecule has 1 fully saturated rings. The van der Waals surface area contributed by atoms with Gasteiger partial charge < -0.3 is 4.90 Å². The Balaban J connectivity index is 1.11.